The van der Waals surface area contributed by atoms with Crippen molar-refractivity contribution < 1.29 is 18.3 Å². The van der Waals surface area contributed by atoms with Crippen LogP contribution in [0.15, 0.2) is 82.6 Å². The molecular formula is C27H23N8O4S-. The van der Waals surface area contributed by atoms with Gasteiger partial charge in [-0.2, -0.15) is 23.0 Å². The van der Waals surface area contributed by atoms with Gasteiger partial charge in [-0.05, 0) is 55.8 Å². The molecule has 3 heterocycles. The molecule has 13 heteroatoms. The van der Waals surface area contributed by atoms with Gasteiger partial charge < -0.3 is 15.2 Å². The Morgan fingerprint density at radius 1 is 0.975 bits per heavy atom. The number of ether oxygens (including phenoxy) is 1. The number of benzene rings is 2. The van der Waals surface area contributed by atoms with Crippen LogP contribution in [0.2, 0.25) is 0 Å². The predicted molar refractivity (Wildman–Crippen MR) is 146 cm³/mol. The van der Waals surface area contributed by atoms with Crippen LogP contribution in [-0.2, 0) is 16.6 Å². The first-order valence-corrected chi connectivity index (χ1v) is 13.5. The number of nitrogens with zero attached hydrogens (tertiary/aromatic N) is 7. The molecule has 0 bridgehead atoms. The van der Waals surface area contributed by atoms with Crippen molar-refractivity contribution in [1.82, 2.24) is 30.1 Å². The van der Waals surface area contributed by atoms with Gasteiger partial charge in [0, 0.05) is 29.2 Å². The van der Waals surface area contributed by atoms with E-state index in [4.69, 9.17) is 4.74 Å². The van der Waals surface area contributed by atoms with Crippen LogP contribution in [0.5, 0.6) is 5.75 Å². The Balaban J connectivity index is 1.49. The molecule has 1 N–H and O–H groups in total. The first-order chi connectivity index (χ1) is 19.3. The smallest absolute Gasteiger partial charge is 0.281 e. The molecule has 202 valence electrons. The lowest BCUT2D eigenvalue weighted by molar-refractivity contribution is -0.220. The molecule has 0 aliphatic rings. The van der Waals surface area contributed by atoms with E-state index in [9.17, 15) is 13.5 Å². The second-order valence-corrected chi connectivity index (χ2v) is 10.4. The fourth-order valence-corrected chi connectivity index (χ4v) is 4.62. The number of anilines is 1. The Labute approximate surface area is 230 Å². The van der Waals surface area contributed by atoms with Gasteiger partial charge in [0.15, 0.2) is 5.82 Å². The van der Waals surface area contributed by atoms with Crippen LogP contribution in [0.25, 0.3) is 22.3 Å². The topological polar surface area (TPSA) is 168 Å². The number of sulfonamides is 1. The molecule has 0 spiro atoms. The number of aromatic nitrogens is 6. The third kappa shape index (κ3) is 6.15. The highest BCUT2D eigenvalue weighted by Gasteiger charge is 2.15. The van der Waals surface area contributed by atoms with Crippen molar-refractivity contribution >= 4 is 32.6 Å². The number of hydrogen-bond donors (Lipinski definition) is 1. The molecule has 0 fully saturated rings. The van der Waals surface area contributed by atoms with Crippen LogP contribution in [0.1, 0.15) is 17.0 Å². The molecule has 3 aromatic heterocycles. The first-order valence-electron chi connectivity index (χ1n) is 12.1. The molecule has 0 atom stereocenters. The Hall–Kier alpha value is -5.04. The molecule has 0 amide bonds. The van der Waals surface area contributed by atoms with Gasteiger partial charge in [-0.3, -0.25) is 0 Å². The van der Waals surface area contributed by atoms with Crippen LogP contribution in [0.4, 0.5) is 5.82 Å². The minimum Gasteiger partial charge on any atom is -0.859 e. The van der Waals surface area contributed by atoms with Crippen LogP contribution >= 0.6 is 0 Å². The summed E-state index contributed by atoms with van der Waals surface area (Å²) in [5.41, 5.74) is 3.37. The largest absolute Gasteiger partial charge is 0.859 e. The van der Waals surface area contributed by atoms with E-state index in [0.29, 0.717) is 40.3 Å². The highest BCUT2D eigenvalue weighted by atomic mass is 32.2. The second-order valence-electron chi connectivity index (χ2n) is 8.76. The van der Waals surface area contributed by atoms with Gasteiger partial charge in [0.25, 0.3) is 10.0 Å². The Bertz CT molecular complexity index is 1780. The number of aryl methyl sites for hydroxylation is 2. The number of rotatable bonds is 9. The zero-order valence-electron chi connectivity index (χ0n) is 21.5. The Morgan fingerprint density at radius 3 is 2.48 bits per heavy atom. The summed E-state index contributed by atoms with van der Waals surface area (Å²) in [6.45, 7) is 3.44. The minimum atomic E-state index is -4.18. The zero-order chi connectivity index (χ0) is 28.1. The van der Waals surface area contributed by atoms with Crippen molar-refractivity contribution in [2.75, 3.05) is 11.9 Å². The lowest BCUT2D eigenvalue weighted by Gasteiger charge is -2.16. The van der Waals surface area contributed by atoms with E-state index >= 15 is 0 Å². The zero-order valence-corrected chi connectivity index (χ0v) is 22.3. The van der Waals surface area contributed by atoms with Crippen molar-refractivity contribution in [3.63, 3.8) is 0 Å². The van der Waals surface area contributed by atoms with Crippen LogP contribution in [-0.4, -0.2) is 51.1 Å². The van der Waals surface area contributed by atoms with E-state index < -0.39 is 22.5 Å². The number of hydrogen-bond acceptors (Lipinski definition) is 11. The van der Waals surface area contributed by atoms with E-state index in [-0.39, 0.29) is 10.6 Å². The molecule has 0 radical (unpaired) electrons. The van der Waals surface area contributed by atoms with Crippen molar-refractivity contribution in [3.8, 4) is 17.1 Å². The van der Waals surface area contributed by atoms with Crippen LogP contribution in [0, 0.1) is 13.8 Å². The monoisotopic (exact) mass is 555 g/mol. The minimum absolute atomic E-state index is 0.0889. The summed E-state index contributed by atoms with van der Waals surface area (Å²) >= 11 is 0. The average molecular weight is 556 g/mol. The maximum atomic E-state index is 12.5. The molecule has 12 nitrogen and oxygen atoms in total. The summed E-state index contributed by atoms with van der Waals surface area (Å²) in [6, 6.07) is 14.6. The second kappa shape index (κ2) is 11.4. The van der Waals surface area contributed by atoms with Gasteiger partial charge in [0.05, 0.1) is 22.8 Å². The molecule has 0 saturated heterocycles. The molecule has 0 aliphatic carbocycles. The van der Waals surface area contributed by atoms with Gasteiger partial charge in [-0.1, -0.05) is 18.2 Å². The van der Waals surface area contributed by atoms with E-state index in [1.54, 1.807) is 36.7 Å². The van der Waals surface area contributed by atoms with Crippen molar-refractivity contribution in [3.05, 3.63) is 90.3 Å². The van der Waals surface area contributed by atoms with Crippen molar-refractivity contribution in [2.45, 2.75) is 25.3 Å². The Kier molecular flexibility index (Phi) is 7.55. The molecule has 0 saturated carbocycles. The standard InChI is InChI=1S/C27H24N8O4S/c1-17-12-28-26(29-13-17)19-10-22-25(31-16-32-27(22)30-14-20-9-8-18(2)33-34-20)23(11-19)39-15-24(36)35-40(37,38)21-6-4-3-5-7-21/h3-13,16H,14-15H2,1-2H3,(H,35,36)(H,30,31,32)/p-1. The SMILES string of the molecule is Cc1cnc(-c2cc(OC/C([O-])=N\S(=O)(=O)c3ccccc3)c3ncnc(NCc4ccc(C)nn4)c3c2)nc1. The summed E-state index contributed by atoms with van der Waals surface area (Å²) in [6.07, 6.45) is 4.72. The van der Waals surface area contributed by atoms with Gasteiger partial charge >= 0.3 is 0 Å². The highest BCUT2D eigenvalue weighted by Crippen LogP contribution is 2.33. The lowest BCUT2D eigenvalue weighted by atomic mass is 10.1. The number of nitrogens with one attached hydrogen (secondary N) is 1. The average Bonchev–Trinajstić information content (AvgIpc) is 2.96. The normalized spacial score (nSPS) is 11.9. The quantitative estimate of drug-likeness (QED) is 0.210. The molecule has 2 aromatic carbocycles. The van der Waals surface area contributed by atoms with E-state index in [2.05, 4.69) is 39.8 Å². The van der Waals surface area contributed by atoms with E-state index in [1.807, 2.05) is 32.0 Å². The highest BCUT2D eigenvalue weighted by molar-refractivity contribution is 7.90. The summed E-state index contributed by atoms with van der Waals surface area (Å²) < 4.78 is 34.1. The molecule has 5 aromatic rings. The fraction of sp³-hybridized carbons (Fsp3) is 0.148. The number of fused-ring (bicyclic) bond motifs is 1. The molecule has 0 unspecified atom stereocenters. The van der Waals surface area contributed by atoms with Gasteiger partial charge in [0.1, 0.15) is 30.0 Å². The van der Waals surface area contributed by atoms with Crippen LogP contribution in [0.3, 0.4) is 0 Å². The fourth-order valence-electron chi connectivity index (χ4n) is 3.70. The van der Waals surface area contributed by atoms with E-state index in [1.165, 1.54) is 18.5 Å². The Morgan fingerprint density at radius 2 is 1.75 bits per heavy atom. The molecular weight excluding hydrogens is 532 g/mol. The molecule has 5 rings (SSSR count). The summed E-state index contributed by atoms with van der Waals surface area (Å²) in [5, 5.41) is 24.6. The lowest BCUT2D eigenvalue weighted by Crippen LogP contribution is -2.27. The van der Waals surface area contributed by atoms with Crippen molar-refractivity contribution in [1.29, 1.82) is 0 Å². The predicted octanol–water partition coefficient (Wildman–Crippen LogP) is 2.63. The third-order valence-electron chi connectivity index (χ3n) is 5.65. The summed E-state index contributed by atoms with van der Waals surface area (Å²) in [4.78, 5) is 17.4. The third-order valence-corrected chi connectivity index (χ3v) is 6.96. The van der Waals surface area contributed by atoms with Gasteiger partial charge in [0.2, 0.25) is 0 Å². The van der Waals surface area contributed by atoms with Crippen molar-refractivity contribution in [2.24, 2.45) is 4.40 Å². The van der Waals surface area contributed by atoms with Gasteiger partial charge in [-0.15, -0.1) is 0 Å². The molecule has 40 heavy (non-hydrogen) atoms. The van der Waals surface area contributed by atoms with Crippen LogP contribution < -0.4 is 15.2 Å². The maximum Gasteiger partial charge on any atom is 0.281 e. The summed E-state index contributed by atoms with van der Waals surface area (Å²) in [5.74, 6) is 0.130. The maximum absolute atomic E-state index is 12.5. The first kappa shape index (κ1) is 26.6. The molecule has 0 aliphatic heterocycles. The van der Waals surface area contributed by atoms with E-state index in [0.717, 1.165) is 11.3 Å². The summed E-state index contributed by atoms with van der Waals surface area (Å²) in [7, 11) is -4.18. The van der Waals surface area contributed by atoms with Gasteiger partial charge in [-0.25, -0.2) is 19.9 Å².